The van der Waals surface area contributed by atoms with Crippen molar-refractivity contribution in [3.8, 4) is 0 Å². The number of amides is 1. The second-order valence-electron chi connectivity index (χ2n) is 5.20. The van der Waals surface area contributed by atoms with Gasteiger partial charge in [0.1, 0.15) is 0 Å². The van der Waals surface area contributed by atoms with E-state index in [0.717, 1.165) is 19.5 Å². The van der Waals surface area contributed by atoms with Crippen LogP contribution < -0.4 is 11.1 Å². The number of rotatable bonds is 8. The van der Waals surface area contributed by atoms with E-state index in [1.165, 1.54) is 0 Å². The van der Waals surface area contributed by atoms with Crippen LogP contribution in [0.5, 0.6) is 0 Å². The number of primary amides is 1. The van der Waals surface area contributed by atoms with Crippen LogP contribution in [0.4, 0.5) is 0 Å². The second-order valence-corrected chi connectivity index (χ2v) is 5.20. The van der Waals surface area contributed by atoms with Gasteiger partial charge in [0, 0.05) is 12.1 Å². The standard InChI is InChI=1S/C13H29N3O/c1-7-15-13(6,12(14)17)9-11(5)16(8-2)10(3)4/h10-11,15H,7-9H2,1-6H3,(H2,14,17). The van der Waals surface area contributed by atoms with Crippen molar-refractivity contribution >= 4 is 5.91 Å². The summed E-state index contributed by atoms with van der Waals surface area (Å²) < 4.78 is 0. The Kier molecular flexibility index (Phi) is 6.72. The van der Waals surface area contributed by atoms with Crippen molar-refractivity contribution in [3.63, 3.8) is 0 Å². The molecule has 102 valence electrons. The highest BCUT2D eigenvalue weighted by Crippen LogP contribution is 2.17. The number of nitrogens with one attached hydrogen (secondary N) is 1. The molecule has 0 spiro atoms. The van der Waals surface area contributed by atoms with Crippen LogP contribution in [0.25, 0.3) is 0 Å². The number of hydrogen-bond donors (Lipinski definition) is 2. The first-order valence-corrected chi connectivity index (χ1v) is 6.59. The highest BCUT2D eigenvalue weighted by Gasteiger charge is 2.33. The molecule has 0 aromatic carbocycles. The van der Waals surface area contributed by atoms with Gasteiger partial charge in [0.2, 0.25) is 5.91 Å². The summed E-state index contributed by atoms with van der Waals surface area (Å²) in [4.78, 5) is 13.9. The molecule has 0 rings (SSSR count). The van der Waals surface area contributed by atoms with Crippen LogP contribution in [0.15, 0.2) is 0 Å². The van der Waals surface area contributed by atoms with Gasteiger partial charge >= 0.3 is 0 Å². The lowest BCUT2D eigenvalue weighted by Gasteiger charge is -2.37. The second kappa shape index (κ2) is 6.97. The Bertz CT molecular complexity index is 243. The van der Waals surface area contributed by atoms with Crippen molar-refractivity contribution in [2.75, 3.05) is 13.1 Å². The van der Waals surface area contributed by atoms with Gasteiger partial charge in [-0.1, -0.05) is 13.8 Å². The maximum absolute atomic E-state index is 11.6. The molecule has 1 amide bonds. The van der Waals surface area contributed by atoms with Crippen LogP contribution in [-0.2, 0) is 4.79 Å². The van der Waals surface area contributed by atoms with Gasteiger partial charge in [-0.05, 0) is 47.2 Å². The highest BCUT2D eigenvalue weighted by atomic mass is 16.1. The van der Waals surface area contributed by atoms with Crippen molar-refractivity contribution in [3.05, 3.63) is 0 Å². The first kappa shape index (κ1) is 16.4. The van der Waals surface area contributed by atoms with Crippen LogP contribution in [-0.4, -0.2) is 41.5 Å². The minimum absolute atomic E-state index is 0.272. The molecule has 3 N–H and O–H groups in total. The monoisotopic (exact) mass is 243 g/mol. The Morgan fingerprint density at radius 3 is 2.18 bits per heavy atom. The van der Waals surface area contributed by atoms with Gasteiger partial charge in [-0.25, -0.2) is 0 Å². The van der Waals surface area contributed by atoms with E-state index in [1.54, 1.807) is 0 Å². The average molecular weight is 243 g/mol. The van der Waals surface area contributed by atoms with Gasteiger partial charge in [-0.2, -0.15) is 0 Å². The molecule has 0 aliphatic heterocycles. The van der Waals surface area contributed by atoms with Crippen LogP contribution in [0.1, 0.15) is 48.0 Å². The van der Waals surface area contributed by atoms with Crippen molar-refractivity contribution in [1.82, 2.24) is 10.2 Å². The zero-order chi connectivity index (χ0) is 13.6. The molecule has 0 fully saturated rings. The van der Waals surface area contributed by atoms with Gasteiger partial charge in [-0.15, -0.1) is 0 Å². The SMILES string of the molecule is CCNC(C)(CC(C)N(CC)C(C)C)C(N)=O. The number of nitrogens with zero attached hydrogens (tertiary/aromatic N) is 1. The third-order valence-corrected chi connectivity index (χ3v) is 3.41. The molecule has 0 saturated heterocycles. The predicted octanol–water partition coefficient (Wildman–Crippen LogP) is 1.35. The fourth-order valence-corrected chi connectivity index (χ4v) is 2.54. The largest absolute Gasteiger partial charge is 0.368 e. The van der Waals surface area contributed by atoms with Crippen molar-refractivity contribution in [1.29, 1.82) is 0 Å². The molecule has 0 radical (unpaired) electrons. The topological polar surface area (TPSA) is 58.4 Å². The van der Waals surface area contributed by atoms with Gasteiger partial charge in [0.15, 0.2) is 0 Å². The molecule has 0 aromatic rings. The molecule has 0 aliphatic rings. The third kappa shape index (κ3) is 4.64. The van der Waals surface area contributed by atoms with E-state index in [0.29, 0.717) is 12.1 Å². The Labute approximate surface area is 106 Å². The smallest absolute Gasteiger partial charge is 0.237 e. The third-order valence-electron chi connectivity index (χ3n) is 3.41. The molecule has 2 atom stereocenters. The molecule has 4 heteroatoms. The van der Waals surface area contributed by atoms with Crippen LogP contribution >= 0.6 is 0 Å². The average Bonchev–Trinajstić information content (AvgIpc) is 2.17. The lowest BCUT2D eigenvalue weighted by Crippen LogP contribution is -2.56. The van der Waals surface area contributed by atoms with Crippen LogP contribution in [0.2, 0.25) is 0 Å². The normalized spacial score (nSPS) is 17.2. The number of carbonyl (C=O) groups excluding carboxylic acids is 1. The predicted molar refractivity (Wildman–Crippen MR) is 72.9 cm³/mol. The Morgan fingerprint density at radius 1 is 1.35 bits per heavy atom. The molecule has 0 saturated carbocycles. The van der Waals surface area contributed by atoms with Gasteiger partial charge in [0.05, 0.1) is 5.54 Å². The minimum Gasteiger partial charge on any atom is -0.368 e. The van der Waals surface area contributed by atoms with E-state index >= 15 is 0 Å². The maximum Gasteiger partial charge on any atom is 0.237 e. The van der Waals surface area contributed by atoms with E-state index < -0.39 is 5.54 Å². The van der Waals surface area contributed by atoms with Crippen molar-refractivity contribution in [2.24, 2.45) is 5.73 Å². The summed E-state index contributed by atoms with van der Waals surface area (Å²) in [5.74, 6) is -0.272. The molecule has 0 aliphatic carbocycles. The lowest BCUT2D eigenvalue weighted by atomic mass is 9.91. The Morgan fingerprint density at radius 2 is 1.88 bits per heavy atom. The van der Waals surface area contributed by atoms with E-state index in [2.05, 4.69) is 37.9 Å². The number of likely N-dealkylation sites (N-methyl/N-ethyl adjacent to an activating group) is 1. The van der Waals surface area contributed by atoms with Crippen molar-refractivity contribution in [2.45, 2.75) is 65.6 Å². The van der Waals surface area contributed by atoms with E-state index in [-0.39, 0.29) is 5.91 Å². The number of hydrogen-bond acceptors (Lipinski definition) is 3. The molecule has 0 bridgehead atoms. The summed E-state index contributed by atoms with van der Waals surface area (Å²) in [5, 5.41) is 3.21. The summed E-state index contributed by atoms with van der Waals surface area (Å²) >= 11 is 0. The fraction of sp³-hybridized carbons (Fsp3) is 0.923. The number of nitrogens with two attached hydrogens (primary N) is 1. The Balaban J connectivity index is 4.70. The quantitative estimate of drug-likeness (QED) is 0.676. The van der Waals surface area contributed by atoms with Crippen LogP contribution in [0, 0.1) is 0 Å². The lowest BCUT2D eigenvalue weighted by molar-refractivity contribution is -0.124. The molecule has 2 unspecified atom stereocenters. The molecular formula is C13H29N3O. The summed E-state index contributed by atoms with van der Waals surface area (Å²) in [5.41, 5.74) is 4.89. The molecular weight excluding hydrogens is 214 g/mol. The summed E-state index contributed by atoms with van der Waals surface area (Å²) in [7, 11) is 0. The van der Waals surface area contributed by atoms with E-state index in [4.69, 9.17) is 5.73 Å². The first-order valence-electron chi connectivity index (χ1n) is 6.59. The highest BCUT2D eigenvalue weighted by molar-refractivity contribution is 5.84. The molecule has 4 nitrogen and oxygen atoms in total. The molecule has 0 aromatic heterocycles. The van der Waals surface area contributed by atoms with Gasteiger partial charge in [0.25, 0.3) is 0 Å². The zero-order valence-electron chi connectivity index (χ0n) is 12.2. The maximum atomic E-state index is 11.6. The first-order chi connectivity index (χ1) is 7.78. The fourth-order valence-electron chi connectivity index (χ4n) is 2.54. The summed E-state index contributed by atoms with van der Waals surface area (Å²) in [6.45, 7) is 14.3. The molecule has 17 heavy (non-hydrogen) atoms. The van der Waals surface area contributed by atoms with Crippen molar-refractivity contribution < 1.29 is 4.79 Å². The van der Waals surface area contributed by atoms with E-state index in [9.17, 15) is 4.79 Å². The molecule has 0 heterocycles. The summed E-state index contributed by atoms with van der Waals surface area (Å²) in [6.07, 6.45) is 0.738. The minimum atomic E-state index is -0.615. The van der Waals surface area contributed by atoms with E-state index in [1.807, 2.05) is 13.8 Å². The van der Waals surface area contributed by atoms with Crippen LogP contribution in [0.3, 0.4) is 0 Å². The Hall–Kier alpha value is -0.610. The van der Waals surface area contributed by atoms with Gasteiger partial charge < -0.3 is 11.1 Å². The number of carbonyl (C=O) groups is 1. The summed E-state index contributed by atoms with van der Waals surface area (Å²) in [6, 6.07) is 0.810. The van der Waals surface area contributed by atoms with Gasteiger partial charge in [-0.3, -0.25) is 9.69 Å². The zero-order valence-corrected chi connectivity index (χ0v) is 12.2.